The van der Waals surface area contributed by atoms with Crippen molar-refractivity contribution in [3.05, 3.63) is 35.9 Å². The maximum Gasteiger partial charge on any atom is 0.330 e. The molecule has 0 saturated carbocycles. The van der Waals surface area contributed by atoms with Gasteiger partial charge in [0.2, 0.25) is 0 Å². The highest BCUT2D eigenvalue weighted by Crippen LogP contribution is 2.33. The largest absolute Gasteiger partial charge is 0.466 e. The number of rotatable bonds is 2. The second-order valence-corrected chi connectivity index (χ2v) is 5.93. The van der Waals surface area contributed by atoms with Gasteiger partial charge in [-0.2, -0.15) is 0 Å². The van der Waals surface area contributed by atoms with Crippen molar-refractivity contribution in [1.82, 2.24) is 10.2 Å². The standard InChI is InChI=1S/C17H21N3O3/c1-20-9-5-8-14(20)16-12(10-15(21)23-2)11-6-3-4-7-13(11)18-17(22)19-16/h3-4,6-7,10,14,16H,5,8-9H2,1-2H3,(H2,18,19,22)/b12-10+/t14-,16-/m0/s1. The molecule has 1 aromatic carbocycles. The zero-order valence-electron chi connectivity index (χ0n) is 13.3. The SMILES string of the molecule is COC(=O)/C=C1\c2ccccc2NC(=O)N[C@@H]1[C@@H]1CCCN1C. The third kappa shape index (κ3) is 3.07. The molecule has 2 N–H and O–H groups in total. The molecule has 1 aromatic rings. The number of likely N-dealkylation sites (N-methyl/N-ethyl adjacent to an activating group) is 1. The van der Waals surface area contributed by atoms with E-state index in [0.717, 1.165) is 30.5 Å². The molecule has 1 saturated heterocycles. The molecule has 1 fully saturated rings. The van der Waals surface area contributed by atoms with Gasteiger partial charge in [-0.1, -0.05) is 18.2 Å². The number of amides is 2. The summed E-state index contributed by atoms with van der Waals surface area (Å²) in [5.74, 6) is -0.420. The van der Waals surface area contributed by atoms with Gasteiger partial charge in [-0.05, 0) is 38.1 Å². The molecule has 122 valence electrons. The normalized spacial score (nSPS) is 26.2. The van der Waals surface area contributed by atoms with Gasteiger partial charge in [-0.25, -0.2) is 9.59 Å². The lowest BCUT2D eigenvalue weighted by Crippen LogP contribution is -2.48. The minimum absolute atomic E-state index is 0.155. The fourth-order valence-electron chi connectivity index (χ4n) is 3.40. The molecule has 2 atom stereocenters. The predicted octanol–water partition coefficient (Wildman–Crippen LogP) is 1.84. The number of urea groups is 1. The Balaban J connectivity index is 2.10. The number of ether oxygens (including phenoxy) is 1. The number of esters is 1. The molecule has 2 aliphatic heterocycles. The molecule has 0 aliphatic carbocycles. The van der Waals surface area contributed by atoms with E-state index in [2.05, 4.69) is 15.5 Å². The average Bonchev–Trinajstić information content (AvgIpc) is 2.91. The molecule has 3 rings (SSSR count). The molecular formula is C17H21N3O3. The predicted molar refractivity (Wildman–Crippen MR) is 88.0 cm³/mol. The number of likely N-dealkylation sites (tertiary alicyclic amines) is 1. The van der Waals surface area contributed by atoms with Crippen molar-refractivity contribution < 1.29 is 14.3 Å². The first kappa shape index (κ1) is 15.6. The van der Waals surface area contributed by atoms with Gasteiger partial charge in [-0.3, -0.25) is 0 Å². The molecule has 2 heterocycles. The molecule has 0 aromatic heterocycles. The molecule has 2 amide bonds. The van der Waals surface area contributed by atoms with Crippen LogP contribution in [0.15, 0.2) is 30.3 Å². The summed E-state index contributed by atoms with van der Waals surface area (Å²) in [5.41, 5.74) is 2.33. The first-order chi connectivity index (χ1) is 11.1. The first-order valence-electron chi connectivity index (χ1n) is 7.77. The number of carbonyl (C=O) groups excluding carboxylic acids is 2. The number of anilines is 1. The van der Waals surface area contributed by atoms with Crippen LogP contribution in [0, 0.1) is 0 Å². The van der Waals surface area contributed by atoms with Crippen molar-refractivity contribution in [2.75, 3.05) is 26.0 Å². The highest BCUT2D eigenvalue weighted by Gasteiger charge is 2.36. The maximum atomic E-state index is 12.2. The number of methoxy groups -OCH3 is 1. The smallest absolute Gasteiger partial charge is 0.330 e. The molecule has 0 spiro atoms. The minimum Gasteiger partial charge on any atom is -0.466 e. The van der Waals surface area contributed by atoms with Crippen molar-refractivity contribution in [1.29, 1.82) is 0 Å². The van der Waals surface area contributed by atoms with Crippen molar-refractivity contribution in [3.63, 3.8) is 0 Å². The number of nitrogens with zero attached hydrogens (tertiary/aromatic N) is 1. The second-order valence-electron chi connectivity index (χ2n) is 5.93. The monoisotopic (exact) mass is 315 g/mol. The molecule has 6 nitrogen and oxygen atoms in total. The van der Waals surface area contributed by atoms with Gasteiger partial charge in [-0.15, -0.1) is 0 Å². The summed E-state index contributed by atoms with van der Waals surface area (Å²) in [6.07, 6.45) is 3.54. The zero-order chi connectivity index (χ0) is 16.4. The molecular weight excluding hydrogens is 294 g/mol. The minimum atomic E-state index is -0.420. The van der Waals surface area contributed by atoms with E-state index in [1.54, 1.807) is 0 Å². The van der Waals surface area contributed by atoms with E-state index in [9.17, 15) is 9.59 Å². The molecule has 23 heavy (non-hydrogen) atoms. The van der Waals surface area contributed by atoms with Gasteiger partial charge in [0, 0.05) is 23.4 Å². The lowest BCUT2D eigenvalue weighted by molar-refractivity contribution is -0.134. The lowest BCUT2D eigenvalue weighted by atomic mass is 9.91. The summed E-state index contributed by atoms with van der Waals surface area (Å²) in [4.78, 5) is 26.3. The number of nitrogens with one attached hydrogen (secondary N) is 2. The average molecular weight is 315 g/mol. The van der Waals surface area contributed by atoms with E-state index in [0.29, 0.717) is 5.69 Å². The van der Waals surface area contributed by atoms with E-state index in [1.165, 1.54) is 13.2 Å². The molecule has 6 heteroatoms. The van der Waals surface area contributed by atoms with Gasteiger partial charge in [0.1, 0.15) is 0 Å². The van der Waals surface area contributed by atoms with E-state index in [1.807, 2.05) is 31.3 Å². The topological polar surface area (TPSA) is 70.7 Å². The van der Waals surface area contributed by atoms with Crippen LogP contribution in [0.1, 0.15) is 18.4 Å². The second kappa shape index (κ2) is 6.42. The zero-order valence-corrected chi connectivity index (χ0v) is 13.3. The first-order valence-corrected chi connectivity index (χ1v) is 7.77. The van der Waals surface area contributed by atoms with Gasteiger partial charge in [0.15, 0.2) is 0 Å². The fourth-order valence-corrected chi connectivity index (χ4v) is 3.40. The number of para-hydroxylation sites is 1. The third-order valence-electron chi connectivity index (χ3n) is 4.54. The fraction of sp³-hybridized carbons (Fsp3) is 0.412. The van der Waals surface area contributed by atoms with Gasteiger partial charge in [0.05, 0.1) is 13.2 Å². The quantitative estimate of drug-likeness (QED) is 0.645. The Morgan fingerprint density at radius 3 is 2.87 bits per heavy atom. The summed E-state index contributed by atoms with van der Waals surface area (Å²) < 4.78 is 4.81. The van der Waals surface area contributed by atoms with E-state index >= 15 is 0 Å². The Hall–Kier alpha value is -2.34. The Morgan fingerprint density at radius 2 is 2.17 bits per heavy atom. The van der Waals surface area contributed by atoms with Gasteiger partial charge in [0.25, 0.3) is 0 Å². The van der Waals surface area contributed by atoms with Crippen LogP contribution < -0.4 is 10.6 Å². The Bertz CT molecular complexity index is 656. The summed E-state index contributed by atoms with van der Waals surface area (Å²) >= 11 is 0. The highest BCUT2D eigenvalue weighted by molar-refractivity contribution is 6.02. The van der Waals surface area contributed by atoms with Crippen LogP contribution in [0.25, 0.3) is 5.57 Å². The van der Waals surface area contributed by atoms with Crippen molar-refractivity contribution in [2.45, 2.75) is 24.9 Å². The Morgan fingerprint density at radius 1 is 1.39 bits per heavy atom. The van der Waals surface area contributed by atoms with Crippen molar-refractivity contribution >= 4 is 23.3 Å². The Labute approximate surface area is 135 Å². The van der Waals surface area contributed by atoms with Crippen molar-refractivity contribution in [2.24, 2.45) is 0 Å². The van der Waals surface area contributed by atoms with Crippen LogP contribution in [0.3, 0.4) is 0 Å². The van der Waals surface area contributed by atoms with E-state index in [4.69, 9.17) is 4.74 Å². The number of hydrogen-bond acceptors (Lipinski definition) is 4. The van der Waals surface area contributed by atoms with E-state index in [-0.39, 0.29) is 18.1 Å². The van der Waals surface area contributed by atoms with Gasteiger partial charge >= 0.3 is 12.0 Å². The van der Waals surface area contributed by atoms with Gasteiger partial charge < -0.3 is 20.3 Å². The van der Waals surface area contributed by atoms with Crippen LogP contribution in [0.5, 0.6) is 0 Å². The van der Waals surface area contributed by atoms with Crippen LogP contribution >= 0.6 is 0 Å². The molecule has 0 bridgehead atoms. The van der Waals surface area contributed by atoms with Crippen LogP contribution in [0.4, 0.5) is 10.5 Å². The summed E-state index contributed by atoms with van der Waals surface area (Å²) in [5, 5.41) is 5.86. The number of benzene rings is 1. The number of carbonyl (C=O) groups is 2. The van der Waals surface area contributed by atoms with E-state index < -0.39 is 5.97 Å². The summed E-state index contributed by atoms with van der Waals surface area (Å²) in [6.45, 7) is 0.984. The third-order valence-corrected chi connectivity index (χ3v) is 4.54. The Kier molecular flexibility index (Phi) is 4.34. The number of hydrogen-bond donors (Lipinski definition) is 2. The van der Waals surface area contributed by atoms with Crippen molar-refractivity contribution in [3.8, 4) is 0 Å². The highest BCUT2D eigenvalue weighted by atomic mass is 16.5. The van der Waals surface area contributed by atoms with Crippen LogP contribution in [-0.2, 0) is 9.53 Å². The van der Waals surface area contributed by atoms with Crippen LogP contribution in [0.2, 0.25) is 0 Å². The summed E-state index contributed by atoms with van der Waals surface area (Å²) in [7, 11) is 3.40. The lowest BCUT2D eigenvalue weighted by Gasteiger charge is -2.30. The van der Waals surface area contributed by atoms with Crippen LogP contribution in [-0.4, -0.2) is 49.7 Å². The summed E-state index contributed by atoms with van der Waals surface area (Å²) in [6, 6.07) is 7.15. The molecule has 0 unspecified atom stereocenters. The maximum absolute atomic E-state index is 12.2. The molecule has 2 aliphatic rings. The molecule has 0 radical (unpaired) electrons. The number of fused-ring (bicyclic) bond motifs is 1.